The maximum absolute atomic E-state index is 12.6. The van der Waals surface area contributed by atoms with E-state index in [9.17, 15) is 14.4 Å². The second-order valence-corrected chi connectivity index (χ2v) is 8.39. The fourth-order valence-electron chi connectivity index (χ4n) is 4.26. The van der Waals surface area contributed by atoms with Crippen LogP contribution in [0.4, 0.5) is 5.69 Å². The average molecular weight is 428 g/mol. The minimum Gasteiger partial charge on any atom is -0.489 e. The number of allylic oxidation sites excluding steroid dienone is 2. The van der Waals surface area contributed by atoms with Crippen molar-refractivity contribution in [3.05, 3.63) is 36.4 Å². The van der Waals surface area contributed by atoms with Gasteiger partial charge in [-0.15, -0.1) is 0 Å². The molecule has 1 fully saturated rings. The van der Waals surface area contributed by atoms with Gasteiger partial charge in [-0.2, -0.15) is 0 Å². The number of nitrogens with one attached hydrogen (secondary N) is 1. The predicted molar refractivity (Wildman–Crippen MR) is 120 cm³/mol. The lowest BCUT2D eigenvalue weighted by atomic mass is 9.85. The molecule has 1 aliphatic heterocycles. The van der Waals surface area contributed by atoms with Crippen LogP contribution < -0.4 is 10.1 Å². The number of para-hydroxylation sites is 2. The minimum atomic E-state index is -0.180. The molecule has 2 atom stereocenters. The highest BCUT2D eigenvalue weighted by Gasteiger charge is 2.46. The van der Waals surface area contributed by atoms with Gasteiger partial charge in [0.15, 0.2) is 0 Å². The van der Waals surface area contributed by atoms with E-state index < -0.39 is 0 Å². The van der Waals surface area contributed by atoms with Crippen molar-refractivity contribution in [3.8, 4) is 5.75 Å². The molecule has 0 aromatic heterocycles. The number of aldehydes is 1. The first-order chi connectivity index (χ1) is 15.0. The number of nitrogens with zero attached hydrogens (tertiary/aromatic N) is 2. The van der Waals surface area contributed by atoms with Crippen LogP contribution in [-0.2, 0) is 14.4 Å². The summed E-state index contributed by atoms with van der Waals surface area (Å²) in [7, 11) is 0. The fourth-order valence-corrected chi connectivity index (χ4v) is 4.26. The van der Waals surface area contributed by atoms with Gasteiger partial charge in [0, 0.05) is 26.2 Å². The first kappa shape index (κ1) is 23.0. The van der Waals surface area contributed by atoms with Crippen molar-refractivity contribution in [1.82, 2.24) is 9.80 Å². The maximum Gasteiger partial charge on any atom is 0.233 e. The molecular formula is C24H33N3O4. The smallest absolute Gasteiger partial charge is 0.233 e. The Bertz CT molecular complexity index is 782. The highest BCUT2D eigenvalue weighted by atomic mass is 16.5. The largest absolute Gasteiger partial charge is 0.489 e. The van der Waals surface area contributed by atoms with E-state index in [0.29, 0.717) is 52.0 Å². The molecule has 2 aliphatic rings. The molecule has 1 aromatic rings. The Hall–Kier alpha value is -2.67. The van der Waals surface area contributed by atoms with Gasteiger partial charge in [0.1, 0.15) is 12.0 Å². The third-order valence-corrected chi connectivity index (χ3v) is 5.78. The van der Waals surface area contributed by atoms with E-state index >= 15 is 0 Å². The molecule has 0 radical (unpaired) electrons. The lowest BCUT2D eigenvalue weighted by Crippen LogP contribution is -2.36. The molecule has 7 nitrogen and oxygen atoms in total. The van der Waals surface area contributed by atoms with Crippen molar-refractivity contribution in [2.24, 2.45) is 11.8 Å². The number of rotatable bonds is 12. The molecule has 1 N–H and O–H groups in total. The van der Waals surface area contributed by atoms with Crippen LogP contribution in [-0.4, -0.2) is 66.7 Å². The van der Waals surface area contributed by atoms with Crippen LogP contribution in [0.15, 0.2) is 36.4 Å². The number of fused-ring (bicyclic) bond motifs is 1. The number of amides is 2. The van der Waals surface area contributed by atoms with Crippen LogP contribution in [0.3, 0.4) is 0 Å². The van der Waals surface area contributed by atoms with Gasteiger partial charge in [-0.3, -0.25) is 19.4 Å². The Morgan fingerprint density at radius 2 is 1.81 bits per heavy atom. The van der Waals surface area contributed by atoms with E-state index in [1.54, 1.807) is 0 Å². The Morgan fingerprint density at radius 3 is 2.45 bits per heavy atom. The average Bonchev–Trinajstić information content (AvgIpc) is 2.99. The number of likely N-dealkylation sites (tertiary alicyclic amines) is 1. The molecule has 3 rings (SSSR count). The molecule has 1 aliphatic carbocycles. The van der Waals surface area contributed by atoms with Crippen molar-refractivity contribution in [2.45, 2.75) is 39.2 Å². The summed E-state index contributed by atoms with van der Waals surface area (Å²) in [4.78, 5) is 39.7. The fraction of sp³-hybridized carbons (Fsp3) is 0.542. The molecule has 2 unspecified atom stereocenters. The van der Waals surface area contributed by atoms with E-state index in [2.05, 4.69) is 5.32 Å². The van der Waals surface area contributed by atoms with E-state index in [0.717, 1.165) is 17.7 Å². The number of anilines is 1. The van der Waals surface area contributed by atoms with E-state index in [4.69, 9.17) is 4.74 Å². The summed E-state index contributed by atoms with van der Waals surface area (Å²) in [6.07, 6.45) is 6.96. The molecule has 0 bridgehead atoms. The zero-order valence-corrected chi connectivity index (χ0v) is 18.5. The topological polar surface area (TPSA) is 79.0 Å². The highest BCUT2D eigenvalue weighted by molar-refractivity contribution is 6.05. The summed E-state index contributed by atoms with van der Waals surface area (Å²) in [6.45, 7) is 6.69. The molecule has 0 saturated carbocycles. The first-order valence-electron chi connectivity index (χ1n) is 11.2. The summed E-state index contributed by atoms with van der Waals surface area (Å²) < 4.78 is 5.83. The second kappa shape index (κ2) is 11.1. The molecular weight excluding hydrogens is 394 g/mol. The van der Waals surface area contributed by atoms with Crippen molar-refractivity contribution in [2.75, 3.05) is 38.0 Å². The van der Waals surface area contributed by atoms with Gasteiger partial charge >= 0.3 is 0 Å². The van der Waals surface area contributed by atoms with E-state index in [1.165, 1.54) is 4.90 Å². The summed E-state index contributed by atoms with van der Waals surface area (Å²) >= 11 is 0. The normalized spacial score (nSPS) is 20.5. The van der Waals surface area contributed by atoms with Gasteiger partial charge in [0.05, 0.1) is 30.2 Å². The van der Waals surface area contributed by atoms with Crippen molar-refractivity contribution in [3.63, 3.8) is 0 Å². The zero-order chi connectivity index (χ0) is 22.2. The highest BCUT2D eigenvalue weighted by Crippen LogP contribution is 2.35. The van der Waals surface area contributed by atoms with Crippen LogP contribution in [0.1, 0.15) is 33.1 Å². The minimum absolute atomic E-state index is 0.0373. The standard InChI is InChI=1S/C24H33N3O4/c1-18(2)31-22-11-6-5-10-21(22)25-12-15-26(16-17-28)13-7-14-27-23(29)19-8-3-4-9-20(19)24(27)30/h3-6,10-11,17-20,25H,7-9,12-16H2,1-2H3. The molecule has 1 aromatic carbocycles. The van der Waals surface area contributed by atoms with Crippen LogP contribution in [0.2, 0.25) is 0 Å². The molecule has 1 heterocycles. The van der Waals surface area contributed by atoms with Crippen molar-refractivity contribution >= 4 is 23.8 Å². The molecule has 7 heteroatoms. The number of ether oxygens (including phenoxy) is 1. The summed E-state index contributed by atoms with van der Waals surface area (Å²) in [5.74, 6) is 0.373. The summed E-state index contributed by atoms with van der Waals surface area (Å²) in [5.41, 5.74) is 0.923. The third kappa shape index (κ3) is 5.94. The van der Waals surface area contributed by atoms with Crippen LogP contribution in [0.25, 0.3) is 0 Å². The van der Waals surface area contributed by atoms with E-state index in [1.807, 2.05) is 55.2 Å². The monoisotopic (exact) mass is 427 g/mol. The number of benzene rings is 1. The van der Waals surface area contributed by atoms with Gasteiger partial charge in [-0.05, 0) is 45.2 Å². The first-order valence-corrected chi connectivity index (χ1v) is 11.2. The third-order valence-electron chi connectivity index (χ3n) is 5.78. The SMILES string of the molecule is CC(C)Oc1ccccc1NCCN(CC=O)CCCN1C(=O)C2CC=CCC2C1=O. The number of hydrogen-bond acceptors (Lipinski definition) is 6. The van der Waals surface area contributed by atoms with Gasteiger partial charge in [-0.25, -0.2) is 0 Å². The zero-order valence-electron chi connectivity index (χ0n) is 18.5. The van der Waals surface area contributed by atoms with Crippen LogP contribution in [0.5, 0.6) is 5.75 Å². The Labute approximate surface area is 184 Å². The molecule has 168 valence electrons. The predicted octanol–water partition coefficient (Wildman–Crippen LogP) is 2.73. The Morgan fingerprint density at radius 1 is 1.13 bits per heavy atom. The molecule has 31 heavy (non-hydrogen) atoms. The van der Waals surface area contributed by atoms with Crippen LogP contribution in [0, 0.1) is 11.8 Å². The van der Waals surface area contributed by atoms with Gasteiger partial charge < -0.3 is 14.8 Å². The Kier molecular flexibility index (Phi) is 8.23. The van der Waals surface area contributed by atoms with Gasteiger partial charge in [-0.1, -0.05) is 24.3 Å². The van der Waals surface area contributed by atoms with Crippen molar-refractivity contribution < 1.29 is 19.1 Å². The number of carbonyl (C=O) groups excluding carboxylic acids is 3. The second-order valence-electron chi connectivity index (χ2n) is 8.39. The number of hydrogen-bond donors (Lipinski definition) is 1. The van der Waals surface area contributed by atoms with Gasteiger partial charge in [0.25, 0.3) is 0 Å². The molecule has 2 amide bonds. The Balaban J connectivity index is 1.46. The van der Waals surface area contributed by atoms with E-state index in [-0.39, 0.29) is 29.8 Å². The molecule has 0 spiro atoms. The summed E-state index contributed by atoms with van der Waals surface area (Å²) in [5, 5.41) is 3.38. The van der Waals surface area contributed by atoms with Gasteiger partial charge in [0.2, 0.25) is 11.8 Å². The lowest BCUT2D eigenvalue weighted by molar-refractivity contribution is -0.140. The maximum atomic E-state index is 12.6. The lowest BCUT2D eigenvalue weighted by Gasteiger charge is -2.22. The number of carbonyl (C=O) groups is 3. The van der Waals surface area contributed by atoms with Crippen molar-refractivity contribution in [1.29, 1.82) is 0 Å². The summed E-state index contributed by atoms with van der Waals surface area (Å²) in [6, 6.07) is 7.80. The molecule has 1 saturated heterocycles. The number of imide groups is 1. The quantitative estimate of drug-likeness (QED) is 0.314. The van der Waals surface area contributed by atoms with Crippen LogP contribution >= 0.6 is 0 Å².